The molecule has 6 nitrogen and oxygen atoms in total. The number of hydrogen-bond acceptors (Lipinski definition) is 6. The highest BCUT2D eigenvalue weighted by Crippen LogP contribution is 2.13. The van der Waals surface area contributed by atoms with Crippen LogP contribution in [0, 0.1) is 0 Å². The fourth-order valence-electron chi connectivity index (χ4n) is 6.80. The molecule has 0 N–H and O–H groups in total. The molecule has 0 aliphatic carbocycles. The van der Waals surface area contributed by atoms with Crippen LogP contribution in [0.2, 0.25) is 0 Å². The van der Waals surface area contributed by atoms with E-state index in [1.807, 2.05) is 6.08 Å². The fourth-order valence-corrected chi connectivity index (χ4v) is 6.80. The maximum absolute atomic E-state index is 12.8. The fraction of sp³-hybridized carbons (Fsp3) is 0.667. The summed E-state index contributed by atoms with van der Waals surface area (Å²) in [5, 5.41) is 0. The molecule has 0 spiro atoms. The minimum absolute atomic E-state index is 0.121. The van der Waals surface area contributed by atoms with Gasteiger partial charge in [-0.2, -0.15) is 0 Å². The highest BCUT2D eigenvalue weighted by atomic mass is 16.6. The second-order valence-corrected chi connectivity index (χ2v) is 16.8. The van der Waals surface area contributed by atoms with E-state index >= 15 is 0 Å². The van der Waals surface area contributed by atoms with Gasteiger partial charge in [0, 0.05) is 12.8 Å². The van der Waals surface area contributed by atoms with Gasteiger partial charge in [0.25, 0.3) is 0 Å². The van der Waals surface area contributed by atoms with Crippen LogP contribution in [0.15, 0.2) is 97.2 Å². The average Bonchev–Trinajstić information content (AvgIpc) is 3.28. The third-order valence-electron chi connectivity index (χ3n) is 10.7. The van der Waals surface area contributed by atoms with Gasteiger partial charge in [-0.05, 0) is 83.5 Å². The van der Waals surface area contributed by atoms with Crippen molar-refractivity contribution in [1.29, 1.82) is 0 Å². The van der Waals surface area contributed by atoms with Crippen molar-refractivity contribution in [3.05, 3.63) is 97.2 Å². The Balaban J connectivity index is 4.44. The van der Waals surface area contributed by atoms with Gasteiger partial charge in [-0.25, -0.2) is 0 Å². The Hall–Kier alpha value is -3.67. The first kappa shape index (κ1) is 59.3. The van der Waals surface area contributed by atoms with Gasteiger partial charge in [-0.1, -0.05) is 221 Å². The van der Waals surface area contributed by atoms with Crippen molar-refractivity contribution in [3.63, 3.8) is 0 Å². The summed E-state index contributed by atoms with van der Waals surface area (Å²) < 4.78 is 16.6. The van der Waals surface area contributed by atoms with Crippen LogP contribution in [-0.4, -0.2) is 37.2 Å². The predicted octanol–water partition coefficient (Wildman–Crippen LogP) is 17.0. The van der Waals surface area contributed by atoms with Gasteiger partial charge >= 0.3 is 17.9 Å². The number of carbonyl (C=O) groups excluding carboxylic acids is 3. The molecule has 0 aromatic rings. The lowest BCUT2D eigenvalue weighted by Crippen LogP contribution is -2.30. The first-order chi connectivity index (χ1) is 31.0. The van der Waals surface area contributed by atoms with Crippen LogP contribution in [0.1, 0.15) is 226 Å². The molecule has 6 heteroatoms. The quantitative estimate of drug-likeness (QED) is 0.0199. The molecule has 0 aliphatic rings. The smallest absolute Gasteiger partial charge is 0.309 e. The molecular weight excluding hydrogens is 781 g/mol. The minimum atomic E-state index is -0.827. The van der Waals surface area contributed by atoms with Gasteiger partial charge in [0.15, 0.2) is 6.10 Å². The van der Waals surface area contributed by atoms with Crippen LogP contribution in [0.3, 0.4) is 0 Å². The SMILES string of the molecule is CC/C=C\C/C=C\C/C=C\CC(=O)OCC(COC(=O)CCCCCCC\C=C/C=C\C=C/C=C\CCCCC)OC(=O)CCCCCCC/C=C\CCCCCCCCCCC. The molecule has 0 saturated carbocycles. The molecule has 1 unspecified atom stereocenters. The molecule has 0 aromatic carbocycles. The molecule has 0 fully saturated rings. The van der Waals surface area contributed by atoms with Crippen molar-refractivity contribution in [1.82, 2.24) is 0 Å². The highest BCUT2D eigenvalue weighted by molar-refractivity contribution is 5.72. The number of unbranched alkanes of at least 4 members (excludes halogenated alkanes) is 22. The first-order valence-electron chi connectivity index (χ1n) is 25.8. The normalized spacial score (nSPS) is 12.9. The summed E-state index contributed by atoms with van der Waals surface area (Å²) in [6.45, 7) is 6.35. The topological polar surface area (TPSA) is 78.9 Å². The molecule has 0 aromatic heterocycles. The second kappa shape index (κ2) is 51.0. The average molecular weight is 875 g/mol. The summed E-state index contributed by atoms with van der Waals surface area (Å²) >= 11 is 0. The standard InChI is InChI=1S/C57H94O6/c1-4-7-10-13-16-19-21-23-25-27-29-31-33-35-38-41-44-47-50-56(59)62-53-54(52-61-55(58)49-46-43-40-37-18-15-12-9-6-3)63-57(60)51-48-45-42-39-36-34-32-30-28-26-24-22-20-17-14-11-8-5-2/h9,12,16,18-19,21,23,25,27,29-32,37,43,46,54H,4-8,10-11,13-15,17,20,22,24,26,28,33-36,38-42,44-45,47-53H2,1-3H3/b12-9-,19-16-,23-21-,27-25-,31-29-,32-30-,37-18-,46-43-. The molecule has 0 bridgehead atoms. The van der Waals surface area contributed by atoms with Crippen molar-refractivity contribution in [2.75, 3.05) is 13.2 Å². The summed E-state index contributed by atoms with van der Waals surface area (Å²) in [4.78, 5) is 37.8. The lowest BCUT2D eigenvalue weighted by molar-refractivity contribution is -0.166. The molecule has 358 valence electrons. The van der Waals surface area contributed by atoms with Crippen LogP contribution < -0.4 is 0 Å². The maximum atomic E-state index is 12.8. The Labute approximate surface area is 387 Å². The lowest BCUT2D eigenvalue weighted by atomic mass is 10.1. The van der Waals surface area contributed by atoms with Crippen LogP contribution in [0.5, 0.6) is 0 Å². The molecule has 0 radical (unpaired) electrons. The number of esters is 3. The molecular formula is C57H94O6. The van der Waals surface area contributed by atoms with Crippen LogP contribution in [-0.2, 0) is 28.6 Å². The van der Waals surface area contributed by atoms with Crippen LogP contribution >= 0.6 is 0 Å². The van der Waals surface area contributed by atoms with Gasteiger partial charge in [0.1, 0.15) is 13.2 Å². The molecule has 0 rings (SSSR count). The zero-order valence-corrected chi connectivity index (χ0v) is 40.8. The predicted molar refractivity (Wildman–Crippen MR) is 270 cm³/mol. The first-order valence-corrected chi connectivity index (χ1v) is 25.8. The van der Waals surface area contributed by atoms with E-state index in [2.05, 4.69) is 106 Å². The number of carbonyl (C=O) groups is 3. The van der Waals surface area contributed by atoms with Crippen molar-refractivity contribution in [2.24, 2.45) is 0 Å². The van der Waals surface area contributed by atoms with E-state index in [1.54, 1.807) is 6.08 Å². The number of rotatable bonds is 45. The summed E-state index contributed by atoms with van der Waals surface area (Å²) in [7, 11) is 0. The van der Waals surface area contributed by atoms with E-state index in [4.69, 9.17) is 14.2 Å². The summed E-state index contributed by atoms with van der Waals surface area (Å²) in [6, 6.07) is 0. The Bertz CT molecular complexity index is 1280. The Kier molecular flexibility index (Phi) is 48.0. The summed E-state index contributed by atoms with van der Waals surface area (Å²) in [5.74, 6) is -1.08. The largest absolute Gasteiger partial charge is 0.462 e. The van der Waals surface area contributed by atoms with Gasteiger partial charge in [0.05, 0.1) is 6.42 Å². The Morgan fingerprint density at radius 2 is 0.746 bits per heavy atom. The van der Waals surface area contributed by atoms with Gasteiger partial charge in [-0.3, -0.25) is 14.4 Å². The summed E-state index contributed by atoms with van der Waals surface area (Å²) in [5.41, 5.74) is 0. The maximum Gasteiger partial charge on any atom is 0.309 e. The second-order valence-electron chi connectivity index (χ2n) is 16.8. The molecule has 0 saturated heterocycles. The van der Waals surface area contributed by atoms with E-state index in [9.17, 15) is 14.4 Å². The molecule has 0 heterocycles. The van der Waals surface area contributed by atoms with E-state index in [0.29, 0.717) is 12.8 Å². The molecule has 63 heavy (non-hydrogen) atoms. The minimum Gasteiger partial charge on any atom is -0.462 e. The van der Waals surface area contributed by atoms with Crippen LogP contribution in [0.4, 0.5) is 0 Å². The zero-order valence-electron chi connectivity index (χ0n) is 40.8. The monoisotopic (exact) mass is 875 g/mol. The lowest BCUT2D eigenvalue weighted by Gasteiger charge is -2.18. The van der Waals surface area contributed by atoms with E-state index in [-0.39, 0.29) is 31.6 Å². The Morgan fingerprint density at radius 3 is 1.27 bits per heavy atom. The summed E-state index contributed by atoms with van der Waals surface area (Å²) in [6.07, 6.45) is 67.1. The zero-order chi connectivity index (χ0) is 45.8. The number of ether oxygens (including phenoxy) is 3. The Morgan fingerprint density at radius 1 is 0.365 bits per heavy atom. The molecule has 0 amide bonds. The molecule has 1 atom stereocenters. The van der Waals surface area contributed by atoms with Crippen molar-refractivity contribution < 1.29 is 28.6 Å². The van der Waals surface area contributed by atoms with E-state index < -0.39 is 12.1 Å². The van der Waals surface area contributed by atoms with Crippen LogP contribution in [0.25, 0.3) is 0 Å². The van der Waals surface area contributed by atoms with Crippen molar-refractivity contribution in [3.8, 4) is 0 Å². The third-order valence-corrected chi connectivity index (χ3v) is 10.7. The third kappa shape index (κ3) is 49.2. The molecule has 0 aliphatic heterocycles. The van der Waals surface area contributed by atoms with Gasteiger partial charge in [0.2, 0.25) is 0 Å². The van der Waals surface area contributed by atoms with Crippen molar-refractivity contribution in [2.45, 2.75) is 232 Å². The van der Waals surface area contributed by atoms with E-state index in [1.165, 1.54) is 89.9 Å². The van der Waals surface area contributed by atoms with Crippen molar-refractivity contribution >= 4 is 17.9 Å². The highest BCUT2D eigenvalue weighted by Gasteiger charge is 2.19. The number of hydrogen-bond donors (Lipinski definition) is 0. The van der Waals surface area contributed by atoms with Gasteiger partial charge in [-0.15, -0.1) is 0 Å². The van der Waals surface area contributed by atoms with E-state index in [0.717, 1.165) is 96.3 Å². The van der Waals surface area contributed by atoms with Gasteiger partial charge < -0.3 is 14.2 Å². The number of allylic oxidation sites excluding steroid dienone is 15.